The van der Waals surface area contributed by atoms with Crippen molar-refractivity contribution in [1.82, 2.24) is 14.7 Å². The van der Waals surface area contributed by atoms with Crippen molar-refractivity contribution in [3.63, 3.8) is 0 Å². The molecule has 3 heterocycles. The lowest BCUT2D eigenvalue weighted by molar-refractivity contribution is -0.136. The Kier molecular flexibility index (Phi) is 5.30. The van der Waals surface area contributed by atoms with E-state index in [2.05, 4.69) is 5.10 Å². The van der Waals surface area contributed by atoms with Crippen LogP contribution in [0.3, 0.4) is 0 Å². The third-order valence-corrected chi connectivity index (χ3v) is 4.67. The van der Waals surface area contributed by atoms with Crippen molar-refractivity contribution < 1.29 is 14.3 Å². The average Bonchev–Trinajstić information content (AvgIpc) is 2.82. The molecule has 1 aromatic heterocycles. The Morgan fingerprint density at radius 1 is 1.50 bits per heavy atom. The second-order valence-corrected chi connectivity index (χ2v) is 6.62. The average molecular weight is 335 g/mol. The molecule has 0 saturated carbocycles. The molecule has 7 heteroatoms. The molecule has 1 aromatic rings. The number of hydrogen-bond donors (Lipinski definition) is 0. The minimum absolute atomic E-state index is 0.0811. The number of carbonyl (C=O) groups excluding carboxylic acids is 1. The highest BCUT2D eigenvalue weighted by Gasteiger charge is 2.44. The van der Waals surface area contributed by atoms with Gasteiger partial charge in [0.2, 0.25) is 5.91 Å². The Morgan fingerprint density at radius 2 is 2.38 bits per heavy atom. The first-order valence-corrected chi connectivity index (χ1v) is 8.67. The van der Waals surface area contributed by atoms with Gasteiger partial charge < -0.3 is 14.4 Å². The topological polar surface area (TPSA) is 73.7 Å². The fourth-order valence-electron chi connectivity index (χ4n) is 3.45. The van der Waals surface area contributed by atoms with E-state index >= 15 is 0 Å². The van der Waals surface area contributed by atoms with Crippen molar-refractivity contribution in [2.75, 3.05) is 26.3 Å². The molecular formula is C17H25N3O4. The molecule has 2 fully saturated rings. The molecule has 1 spiro atoms. The summed E-state index contributed by atoms with van der Waals surface area (Å²) in [7, 11) is 0. The van der Waals surface area contributed by atoms with Crippen LogP contribution in [0.2, 0.25) is 0 Å². The number of rotatable bonds is 4. The number of nitrogens with zero attached hydrogens (tertiary/aromatic N) is 3. The second kappa shape index (κ2) is 7.44. The standard InChI is InChI=1S/C17H25N3O4/c1-2-4-15(21)19-9-10-23-13-17(12-19)7-6-14(24-17)11-20-16(22)5-3-8-18-20/h3,5,8,14H,2,4,6-7,9-13H2,1H3/t14-,17-/m1/s1. The minimum Gasteiger partial charge on any atom is -0.377 e. The molecule has 24 heavy (non-hydrogen) atoms. The molecule has 2 aliphatic heterocycles. The van der Waals surface area contributed by atoms with Crippen molar-refractivity contribution in [1.29, 1.82) is 0 Å². The first-order chi connectivity index (χ1) is 11.6. The second-order valence-electron chi connectivity index (χ2n) is 6.62. The van der Waals surface area contributed by atoms with Crippen molar-refractivity contribution in [3.05, 3.63) is 28.7 Å². The quantitative estimate of drug-likeness (QED) is 0.814. The van der Waals surface area contributed by atoms with Crippen LogP contribution >= 0.6 is 0 Å². The predicted molar refractivity (Wildman–Crippen MR) is 87.6 cm³/mol. The molecule has 132 valence electrons. The van der Waals surface area contributed by atoms with Crippen molar-refractivity contribution >= 4 is 5.91 Å². The maximum Gasteiger partial charge on any atom is 0.266 e. The van der Waals surface area contributed by atoms with E-state index < -0.39 is 5.60 Å². The third kappa shape index (κ3) is 3.84. The van der Waals surface area contributed by atoms with Crippen molar-refractivity contribution in [2.45, 2.75) is 50.9 Å². The van der Waals surface area contributed by atoms with Crippen LogP contribution < -0.4 is 5.56 Å². The van der Waals surface area contributed by atoms with Gasteiger partial charge in [0.15, 0.2) is 0 Å². The van der Waals surface area contributed by atoms with Gasteiger partial charge in [-0.1, -0.05) is 6.92 Å². The number of amides is 1. The molecule has 3 rings (SSSR count). The van der Waals surface area contributed by atoms with Gasteiger partial charge in [-0.25, -0.2) is 4.68 Å². The summed E-state index contributed by atoms with van der Waals surface area (Å²) in [5.41, 5.74) is -0.581. The van der Waals surface area contributed by atoms with Gasteiger partial charge in [0.1, 0.15) is 5.60 Å². The van der Waals surface area contributed by atoms with Crippen LogP contribution in [0.5, 0.6) is 0 Å². The van der Waals surface area contributed by atoms with E-state index in [0.29, 0.717) is 39.3 Å². The zero-order valence-electron chi connectivity index (χ0n) is 14.1. The van der Waals surface area contributed by atoms with E-state index in [1.807, 2.05) is 11.8 Å². The number of carbonyl (C=O) groups is 1. The minimum atomic E-state index is -0.455. The van der Waals surface area contributed by atoms with Gasteiger partial charge in [0.05, 0.1) is 32.4 Å². The zero-order chi connectivity index (χ0) is 17.0. The maximum atomic E-state index is 12.3. The van der Waals surface area contributed by atoms with E-state index in [4.69, 9.17) is 9.47 Å². The van der Waals surface area contributed by atoms with Gasteiger partial charge >= 0.3 is 0 Å². The van der Waals surface area contributed by atoms with E-state index in [1.165, 1.54) is 10.7 Å². The first kappa shape index (κ1) is 17.1. The summed E-state index contributed by atoms with van der Waals surface area (Å²) >= 11 is 0. The molecule has 2 saturated heterocycles. The lowest BCUT2D eigenvalue weighted by Gasteiger charge is -2.32. The van der Waals surface area contributed by atoms with Crippen LogP contribution in [0.4, 0.5) is 0 Å². The van der Waals surface area contributed by atoms with Crippen LogP contribution in [0.25, 0.3) is 0 Å². The van der Waals surface area contributed by atoms with Gasteiger partial charge in [-0.3, -0.25) is 9.59 Å². The molecule has 0 N–H and O–H groups in total. The summed E-state index contributed by atoms with van der Waals surface area (Å²) in [4.78, 5) is 25.9. The van der Waals surface area contributed by atoms with Crippen LogP contribution in [0.15, 0.2) is 23.1 Å². The monoisotopic (exact) mass is 335 g/mol. The van der Waals surface area contributed by atoms with Crippen molar-refractivity contribution in [2.24, 2.45) is 0 Å². The molecule has 0 bridgehead atoms. The fourth-order valence-corrected chi connectivity index (χ4v) is 3.45. The lowest BCUT2D eigenvalue weighted by atomic mass is 10.00. The van der Waals surface area contributed by atoms with Gasteiger partial charge in [-0.15, -0.1) is 0 Å². The summed E-state index contributed by atoms with van der Waals surface area (Å²) in [6.45, 7) is 4.67. The molecule has 1 amide bonds. The Hall–Kier alpha value is -1.73. The predicted octanol–water partition coefficient (Wildman–Crippen LogP) is 0.820. The molecule has 0 radical (unpaired) electrons. The van der Waals surface area contributed by atoms with Crippen LogP contribution in [-0.4, -0.2) is 58.6 Å². The summed E-state index contributed by atoms with van der Waals surface area (Å²) in [6.07, 6.45) is 4.59. The van der Waals surface area contributed by atoms with Crippen LogP contribution in [0.1, 0.15) is 32.6 Å². The Morgan fingerprint density at radius 3 is 3.17 bits per heavy atom. The fraction of sp³-hybridized carbons (Fsp3) is 0.706. The van der Waals surface area contributed by atoms with Crippen molar-refractivity contribution in [3.8, 4) is 0 Å². The smallest absolute Gasteiger partial charge is 0.266 e. The maximum absolute atomic E-state index is 12.3. The van der Waals surface area contributed by atoms with E-state index in [-0.39, 0.29) is 17.6 Å². The highest BCUT2D eigenvalue weighted by Crippen LogP contribution is 2.33. The molecule has 7 nitrogen and oxygen atoms in total. The highest BCUT2D eigenvalue weighted by molar-refractivity contribution is 5.76. The van der Waals surface area contributed by atoms with Crippen LogP contribution in [0, 0.1) is 0 Å². The molecule has 0 aliphatic carbocycles. The normalized spacial score (nSPS) is 27.4. The van der Waals surface area contributed by atoms with Gasteiger partial charge in [0, 0.05) is 25.2 Å². The van der Waals surface area contributed by atoms with E-state index in [9.17, 15) is 9.59 Å². The Labute approximate surface area is 141 Å². The molecule has 0 aromatic carbocycles. The zero-order valence-corrected chi connectivity index (χ0v) is 14.1. The number of ether oxygens (including phenoxy) is 2. The molecule has 2 atom stereocenters. The lowest BCUT2D eigenvalue weighted by Crippen LogP contribution is -2.47. The third-order valence-electron chi connectivity index (χ3n) is 4.67. The highest BCUT2D eigenvalue weighted by atomic mass is 16.6. The largest absolute Gasteiger partial charge is 0.377 e. The summed E-state index contributed by atoms with van der Waals surface area (Å²) < 4.78 is 13.4. The van der Waals surface area contributed by atoms with Gasteiger partial charge in [-0.05, 0) is 25.3 Å². The summed E-state index contributed by atoms with van der Waals surface area (Å²) in [6, 6.07) is 3.13. The van der Waals surface area contributed by atoms with E-state index in [0.717, 1.165) is 19.3 Å². The first-order valence-electron chi connectivity index (χ1n) is 8.67. The SMILES string of the molecule is CCCC(=O)N1CCOC[C@@]2(CC[C@H](Cn3ncccc3=O)O2)C1. The summed E-state index contributed by atoms with van der Waals surface area (Å²) in [5.74, 6) is 0.162. The molecule has 2 aliphatic rings. The van der Waals surface area contributed by atoms with Gasteiger partial charge in [-0.2, -0.15) is 5.10 Å². The number of aromatic nitrogens is 2. The molecular weight excluding hydrogens is 310 g/mol. The van der Waals surface area contributed by atoms with Crippen LogP contribution in [-0.2, 0) is 20.8 Å². The number of hydrogen-bond acceptors (Lipinski definition) is 5. The Bertz CT molecular complexity index is 632. The Balaban J connectivity index is 1.66. The van der Waals surface area contributed by atoms with Gasteiger partial charge in [0.25, 0.3) is 5.56 Å². The summed E-state index contributed by atoms with van der Waals surface area (Å²) in [5, 5.41) is 4.09. The molecule has 0 unspecified atom stereocenters. The van der Waals surface area contributed by atoms with E-state index in [1.54, 1.807) is 12.3 Å².